The first-order chi connectivity index (χ1) is 13.1. The highest BCUT2D eigenvalue weighted by molar-refractivity contribution is 7.07. The van der Waals surface area contributed by atoms with Crippen molar-refractivity contribution in [3.8, 4) is 11.5 Å². The number of amides is 1. The van der Waals surface area contributed by atoms with E-state index in [1.54, 1.807) is 29.8 Å². The highest BCUT2D eigenvalue weighted by Gasteiger charge is 2.10. The highest BCUT2D eigenvalue weighted by Crippen LogP contribution is 2.25. The summed E-state index contributed by atoms with van der Waals surface area (Å²) in [4.78, 5) is 26.4. The second-order valence-electron chi connectivity index (χ2n) is 5.35. The van der Waals surface area contributed by atoms with E-state index in [-0.39, 0.29) is 18.2 Å². The van der Waals surface area contributed by atoms with Crippen LogP contribution in [0.15, 0.2) is 59.4 Å². The van der Waals surface area contributed by atoms with E-state index < -0.39 is 4.92 Å². The molecule has 8 nitrogen and oxygen atoms in total. The maximum Gasteiger partial charge on any atom is 0.269 e. The molecule has 3 rings (SSSR count). The summed E-state index contributed by atoms with van der Waals surface area (Å²) in [6, 6.07) is 12.6. The Balaban J connectivity index is 1.55. The lowest BCUT2D eigenvalue weighted by molar-refractivity contribution is -0.384. The fraction of sp³-hybridized carbons (Fsp3) is 0.111. The first-order valence-corrected chi connectivity index (χ1v) is 8.82. The number of ether oxygens (including phenoxy) is 2. The molecule has 1 N–H and O–H groups in total. The molecule has 0 saturated heterocycles. The Morgan fingerprint density at radius 1 is 1.15 bits per heavy atom. The average molecular weight is 385 g/mol. The van der Waals surface area contributed by atoms with Gasteiger partial charge in [0.05, 0.1) is 21.8 Å². The zero-order valence-corrected chi connectivity index (χ0v) is 14.8. The summed E-state index contributed by atoms with van der Waals surface area (Å²) in [5, 5.41) is 15.2. The third-order valence-corrected chi connectivity index (χ3v) is 4.07. The van der Waals surface area contributed by atoms with Crippen LogP contribution in [0.2, 0.25) is 0 Å². The lowest BCUT2D eigenvalue weighted by atomic mass is 10.3. The minimum absolute atomic E-state index is 0.0435. The minimum atomic E-state index is -0.501. The Hall–Kier alpha value is -3.46. The Morgan fingerprint density at radius 2 is 1.93 bits per heavy atom. The van der Waals surface area contributed by atoms with E-state index in [2.05, 4.69) is 10.3 Å². The molecule has 0 atom stereocenters. The highest BCUT2D eigenvalue weighted by atomic mass is 32.1. The first-order valence-electron chi connectivity index (χ1n) is 7.88. The van der Waals surface area contributed by atoms with Gasteiger partial charge < -0.3 is 14.8 Å². The second-order valence-corrected chi connectivity index (χ2v) is 6.07. The monoisotopic (exact) mass is 385 g/mol. The van der Waals surface area contributed by atoms with Crippen LogP contribution >= 0.6 is 11.3 Å². The number of aromatic nitrogens is 1. The third-order valence-electron chi connectivity index (χ3n) is 3.44. The van der Waals surface area contributed by atoms with Crippen molar-refractivity contribution < 1.29 is 19.2 Å². The molecule has 27 heavy (non-hydrogen) atoms. The molecule has 0 saturated carbocycles. The summed E-state index contributed by atoms with van der Waals surface area (Å²) in [6.07, 6.45) is 0. The molecule has 2 aromatic carbocycles. The predicted octanol–water partition coefficient (Wildman–Crippen LogP) is 3.65. The molecule has 0 fully saturated rings. The average Bonchev–Trinajstić information content (AvgIpc) is 3.19. The standard InChI is InChI=1S/C18H15N3O5S/c22-18(10-25-15-7-5-14(6-8-15)21(23)24)20-16-3-1-2-4-17(16)26-9-13-11-27-12-19-13/h1-8,11-12H,9-10H2,(H,20,22). The van der Waals surface area contributed by atoms with Gasteiger partial charge in [0, 0.05) is 17.5 Å². The van der Waals surface area contributed by atoms with Gasteiger partial charge in [-0.15, -0.1) is 11.3 Å². The van der Waals surface area contributed by atoms with Gasteiger partial charge in [-0.2, -0.15) is 0 Å². The van der Waals surface area contributed by atoms with Gasteiger partial charge in [-0.3, -0.25) is 14.9 Å². The van der Waals surface area contributed by atoms with Crippen LogP contribution in [0.3, 0.4) is 0 Å². The number of rotatable bonds is 8. The van der Waals surface area contributed by atoms with E-state index in [4.69, 9.17) is 9.47 Å². The van der Waals surface area contributed by atoms with Gasteiger partial charge in [-0.25, -0.2) is 4.98 Å². The molecule has 9 heteroatoms. The Morgan fingerprint density at radius 3 is 2.63 bits per heavy atom. The van der Waals surface area contributed by atoms with E-state index in [9.17, 15) is 14.9 Å². The number of non-ortho nitro benzene ring substituents is 1. The minimum Gasteiger partial charge on any atom is -0.485 e. The number of nitrogens with zero attached hydrogens (tertiary/aromatic N) is 2. The van der Waals surface area contributed by atoms with Crippen molar-refractivity contribution in [2.45, 2.75) is 6.61 Å². The molecule has 138 valence electrons. The Bertz CT molecular complexity index is 913. The normalized spacial score (nSPS) is 10.2. The van der Waals surface area contributed by atoms with Gasteiger partial charge in [0.15, 0.2) is 6.61 Å². The van der Waals surface area contributed by atoms with Gasteiger partial charge in [-0.05, 0) is 24.3 Å². The Labute approximate surface area is 158 Å². The third kappa shape index (κ3) is 5.25. The molecule has 1 amide bonds. The predicted molar refractivity (Wildman–Crippen MR) is 100 cm³/mol. The number of carbonyl (C=O) groups is 1. The van der Waals surface area contributed by atoms with E-state index >= 15 is 0 Å². The van der Waals surface area contributed by atoms with Crippen LogP contribution in [0.4, 0.5) is 11.4 Å². The van der Waals surface area contributed by atoms with Crippen LogP contribution in [0.1, 0.15) is 5.69 Å². The lowest BCUT2D eigenvalue weighted by Crippen LogP contribution is -2.20. The number of para-hydroxylation sites is 2. The van der Waals surface area contributed by atoms with Gasteiger partial charge in [0.25, 0.3) is 11.6 Å². The summed E-state index contributed by atoms with van der Waals surface area (Å²) in [5.74, 6) is 0.510. The van der Waals surface area contributed by atoms with Crippen LogP contribution in [-0.4, -0.2) is 22.4 Å². The largest absolute Gasteiger partial charge is 0.485 e. The maximum atomic E-state index is 12.1. The zero-order chi connectivity index (χ0) is 19.1. The van der Waals surface area contributed by atoms with Crippen molar-refractivity contribution in [2.24, 2.45) is 0 Å². The summed E-state index contributed by atoms with van der Waals surface area (Å²) in [7, 11) is 0. The van der Waals surface area contributed by atoms with E-state index in [1.807, 2.05) is 5.38 Å². The van der Waals surface area contributed by atoms with Crippen LogP contribution in [0, 0.1) is 10.1 Å². The molecule has 3 aromatic rings. The molecule has 0 aliphatic carbocycles. The molecular weight excluding hydrogens is 370 g/mol. The quantitative estimate of drug-likeness (QED) is 0.469. The van der Waals surface area contributed by atoms with E-state index in [0.717, 1.165) is 5.69 Å². The summed E-state index contributed by atoms with van der Waals surface area (Å²) in [5.41, 5.74) is 3.01. The molecule has 0 radical (unpaired) electrons. The first kappa shape index (κ1) is 18.3. The van der Waals surface area contributed by atoms with Crippen LogP contribution in [0.25, 0.3) is 0 Å². The van der Waals surface area contributed by atoms with Gasteiger partial charge in [0.2, 0.25) is 0 Å². The van der Waals surface area contributed by atoms with Crippen LogP contribution < -0.4 is 14.8 Å². The number of nitro groups is 1. The fourth-order valence-electron chi connectivity index (χ4n) is 2.16. The summed E-state index contributed by atoms with van der Waals surface area (Å²) >= 11 is 1.48. The molecular formula is C18H15N3O5S. The van der Waals surface area contributed by atoms with Gasteiger partial charge in [-0.1, -0.05) is 12.1 Å². The zero-order valence-electron chi connectivity index (χ0n) is 14.0. The number of benzene rings is 2. The smallest absolute Gasteiger partial charge is 0.269 e. The summed E-state index contributed by atoms with van der Waals surface area (Å²) in [6.45, 7) is 0.0634. The Kier molecular flexibility index (Phi) is 5.95. The molecule has 1 aromatic heterocycles. The second kappa shape index (κ2) is 8.77. The number of carbonyl (C=O) groups excluding carboxylic acids is 1. The number of nitro benzene ring substituents is 1. The van der Waals surface area contributed by atoms with Gasteiger partial charge >= 0.3 is 0 Å². The fourth-order valence-corrected chi connectivity index (χ4v) is 2.70. The van der Waals surface area contributed by atoms with Crippen molar-refractivity contribution >= 4 is 28.6 Å². The van der Waals surface area contributed by atoms with Gasteiger partial charge in [0.1, 0.15) is 18.1 Å². The number of hydrogen-bond donors (Lipinski definition) is 1. The SMILES string of the molecule is O=C(COc1ccc([N+](=O)[O-])cc1)Nc1ccccc1OCc1cscn1. The molecule has 0 aliphatic heterocycles. The molecule has 0 spiro atoms. The van der Waals surface area contributed by atoms with Crippen LogP contribution in [0.5, 0.6) is 11.5 Å². The molecule has 1 heterocycles. The number of anilines is 1. The number of hydrogen-bond acceptors (Lipinski definition) is 7. The van der Waals surface area contributed by atoms with Crippen molar-refractivity contribution in [2.75, 3.05) is 11.9 Å². The van der Waals surface area contributed by atoms with Crippen molar-refractivity contribution in [3.05, 3.63) is 75.2 Å². The number of thiazole rings is 1. The van der Waals surface area contributed by atoms with E-state index in [1.165, 1.54) is 35.6 Å². The summed E-state index contributed by atoms with van der Waals surface area (Å²) < 4.78 is 11.1. The van der Waals surface area contributed by atoms with Crippen LogP contribution in [-0.2, 0) is 11.4 Å². The molecule has 0 aliphatic rings. The topological polar surface area (TPSA) is 104 Å². The van der Waals surface area contributed by atoms with Crippen molar-refractivity contribution in [1.82, 2.24) is 4.98 Å². The van der Waals surface area contributed by atoms with Crippen molar-refractivity contribution in [3.63, 3.8) is 0 Å². The van der Waals surface area contributed by atoms with Crippen molar-refractivity contribution in [1.29, 1.82) is 0 Å². The molecule has 0 bridgehead atoms. The maximum absolute atomic E-state index is 12.1. The lowest BCUT2D eigenvalue weighted by Gasteiger charge is -2.12. The molecule has 0 unspecified atom stereocenters. The number of nitrogens with one attached hydrogen (secondary N) is 1. The van der Waals surface area contributed by atoms with E-state index in [0.29, 0.717) is 23.8 Å².